The molecule has 0 aromatic heterocycles. The number of benzene rings is 3. The van der Waals surface area contributed by atoms with E-state index < -0.39 is 5.82 Å². The fraction of sp³-hybridized carbons (Fsp3) is 0.241. The Labute approximate surface area is 215 Å². The molecule has 2 amide bonds. The number of fused-ring (bicyclic) bond motifs is 3. The highest BCUT2D eigenvalue weighted by Crippen LogP contribution is 2.45. The number of carbonyl (C=O) groups is 2. The highest BCUT2D eigenvalue weighted by Gasteiger charge is 2.24. The van der Waals surface area contributed by atoms with Crippen molar-refractivity contribution in [2.75, 3.05) is 29.1 Å². The minimum Gasteiger partial charge on any atom is -0.399 e. The maximum atomic E-state index is 13.1. The van der Waals surface area contributed by atoms with E-state index in [0.29, 0.717) is 30.0 Å². The van der Waals surface area contributed by atoms with Crippen LogP contribution in [0.4, 0.5) is 27.1 Å². The lowest BCUT2D eigenvalue weighted by Crippen LogP contribution is -2.22. The van der Waals surface area contributed by atoms with Crippen molar-refractivity contribution < 1.29 is 14.0 Å². The number of carbonyl (C=O) groups excluding carboxylic acids is 2. The lowest BCUT2D eigenvalue weighted by Gasteiger charge is -2.08. The van der Waals surface area contributed by atoms with Crippen LogP contribution in [0.2, 0.25) is 0 Å². The van der Waals surface area contributed by atoms with Crippen molar-refractivity contribution >= 4 is 40.1 Å². The van der Waals surface area contributed by atoms with Gasteiger partial charge >= 0.3 is 0 Å². The largest absolute Gasteiger partial charge is 0.399 e. The zero-order valence-corrected chi connectivity index (χ0v) is 20.6. The molecule has 3 aromatic rings. The highest BCUT2D eigenvalue weighted by molar-refractivity contribution is 6.09. The zero-order chi connectivity index (χ0) is 26.4. The first-order valence-corrected chi connectivity index (χ1v) is 12.5. The Kier molecular flexibility index (Phi) is 8.08. The number of rotatable bonds is 10. The Bertz CT molecular complexity index is 1300. The Morgan fingerprint density at radius 2 is 1.38 bits per heavy atom. The number of hydrogen-bond donors (Lipinski definition) is 5. The molecule has 3 aromatic carbocycles. The van der Waals surface area contributed by atoms with E-state index in [2.05, 4.69) is 10.6 Å². The molecule has 0 unspecified atom stereocenters. The number of amides is 2. The van der Waals surface area contributed by atoms with Gasteiger partial charge in [-0.15, -0.1) is 0 Å². The number of halogens is 1. The summed E-state index contributed by atoms with van der Waals surface area (Å²) < 4.78 is 13.1. The molecule has 8 N–H and O–H groups in total. The number of nitrogen functional groups attached to an aromatic ring is 3. The first-order valence-electron chi connectivity index (χ1n) is 12.5. The number of nitrogens with one attached hydrogen (secondary N) is 2. The van der Waals surface area contributed by atoms with E-state index in [9.17, 15) is 14.0 Å². The van der Waals surface area contributed by atoms with Crippen LogP contribution < -0.4 is 27.8 Å². The van der Waals surface area contributed by atoms with Crippen LogP contribution in [0.5, 0.6) is 0 Å². The first-order chi connectivity index (χ1) is 17.8. The Morgan fingerprint density at radius 3 is 2.03 bits per heavy atom. The van der Waals surface area contributed by atoms with Crippen LogP contribution in [0.25, 0.3) is 16.7 Å². The molecule has 0 radical (unpaired) electrons. The minimum atomic E-state index is -0.437. The molecule has 1 aliphatic rings. The van der Waals surface area contributed by atoms with Crippen LogP contribution in [0.15, 0.2) is 60.7 Å². The van der Waals surface area contributed by atoms with Crippen LogP contribution >= 0.6 is 0 Å². The third-order valence-corrected chi connectivity index (χ3v) is 6.40. The summed E-state index contributed by atoms with van der Waals surface area (Å²) in [7, 11) is 0. The second kappa shape index (κ2) is 11.6. The van der Waals surface area contributed by atoms with Crippen molar-refractivity contribution in [2.24, 2.45) is 0 Å². The SMILES string of the molecule is Nc1ccc2c(c1)C(=CC(=O)NCCCCCCCC(=O)Nc1ccc(F)cc1N)c1cc(N)ccc1-2. The molecule has 192 valence electrons. The number of nitrogens with two attached hydrogens (primary N) is 3. The topological polar surface area (TPSA) is 136 Å². The van der Waals surface area contributed by atoms with E-state index in [-0.39, 0.29) is 17.5 Å². The second-order valence-corrected chi connectivity index (χ2v) is 9.26. The summed E-state index contributed by atoms with van der Waals surface area (Å²) in [6.45, 7) is 0.570. The maximum absolute atomic E-state index is 13.1. The van der Waals surface area contributed by atoms with Crippen molar-refractivity contribution in [1.82, 2.24) is 5.32 Å². The van der Waals surface area contributed by atoms with Crippen LogP contribution in [-0.4, -0.2) is 18.4 Å². The molecule has 0 fully saturated rings. The van der Waals surface area contributed by atoms with E-state index >= 15 is 0 Å². The van der Waals surface area contributed by atoms with Gasteiger partial charge in [-0.3, -0.25) is 9.59 Å². The number of anilines is 4. The summed E-state index contributed by atoms with van der Waals surface area (Å²) in [5.41, 5.74) is 24.4. The van der Waals surface area contributed by atoms with E-state index in [1.54, 1.807) is 6.08 Å². The molecule has 0 aliphatic heterocycles. The smallest absolute Gasteiger partial charge is 0.244 e. The second-order valence-electron chi connectivity index (χ2n) is 9.26. The summed E-state index contributed by atoms with van der Waals surface area (Å²) in [6, 6.07) is 15.3. The fourth-order valence-electron chi connectivity index (χ4n) is 4.53. The summed E-state index contributed by atoms with van der Waals surface area (Å²) in [4.78, 5) is 24.7. The third kappa shape index (κ3) is 6.46. The summed E-state index contributed by atoms with van der Waals surface area (Å²) in [6.07, 6.45) is 6.40. The molecule has 1 aliphatic carbocycles. The lowest BCUT2D eigenvalue weighted by molar-refractivity contribution is -0.117. The van der Waals surface area contributed by atoms with Crippen LogP contribution in [-0.2, 0) is 9.59 Å². The Hall–Kier alpha value is -4.33. The lowest BCUT2D eigenvalue weighted by atomic mass is 10.0. The normalized spacial score (nSPS) is 11.5. The van der Waals surface area contributed by atoms with Gasteiger partial charge in [-0.05, 0) is 83.1 Å². The minimum absolute atomic E-state index is 0.141. The van der Waals surface area contributed by atoms with Crippen LogP contribution in [0.3, 0.4) is 0 Å². The van der Waals surface area contributed by atoms with Gasteiger partial charge in [0, 0.05) is 30.4 Å². The van der Waals surface area contributed by atoms with Gasteiger partial charge in [0.25, 0.3) is 0 Å². The molecule has 4 rings (SSSR count). The quantitative estimate of drug-likeness (QED) is 0.117. The number of hydrogen-bond acceptors (Lipinski definition) is 5. The Morgan fingerprint density at radius 1 is 0.757 bits per heavy atom. The standard InChI is InChI=1S/C29H32FN5O2/c30-18-7-12-27(26(33)14-18)35-28(36)6-4-2-1-3-5-13-34-29(37)17-25-23-15-19(31)8-10-21(23)22-11-9-20(32)16-24(22)25/h7-12,14-17H,1-6,13,31-33H2,(H,34,37)(H,35,36). The van der Waals surface area contributed by atoms with Gasteiger partial charge in [0.05, 0.1) is 11.4 Å². The van der Waals surface area contributed by atoms with E-state index in [1.165, 1.54) is 18.2 Å². The first kappa shape index (κ1) is 25.8. The molecule has 0 atom stereocenters. The van der Waals surface area contributed by atoms with Crippen LogP contribution in [0.1, 0.15) is 49.7 Å². The van der Waals surface area contributed by atoms with Gasteiger partial charge < -0.3 is 27.8 Å². The van der Waals surface area contributed by atoms with Crippen molar-refractivity contribution in [3.63, 3.8) is 0 Å². The molecule has 0 saturated heterocycles. The van der Waals surface area contributed by atoms with Crippen LogP contribution in [0, 0.1) is 5.82 Å². The third-order valence-electron chi connectivity index (χ3n) is 6.40. The Balaban J connectivity index is 1.18. The van der Waals surface area contributed by atoms with E-state index in [0.717, 1.165) is 59.9 Å². The highest BCUT2D eigenvalue weighted by atomic mass is 19.1. The molecule has 0 bridgehead atoms. The molecule has 8 heteroatoms. The fourth-order valence-corrected chi connectivity index (χ4v) is 4.53. The molecule has 37 heavy (non-hydrogen) atoms. The van der Waals surface area contributed by atoms with E-state index in [1.807, 2.05) is 36.4 Å². The predicted octanol–water partition coefficient (Wildman–Crippen LogP) is 5.08. The summed E-state index contributed by atoms with van der Waals surface area (Å²) >= 11 is 0. The monoisotopic (exact) mass is 501 g/mol. The summed E-state index contributed by atoms with van der Waals surface area (Å²) in [5, 5.41) is 5.68. The molecule has 0 saturated carbocycles. The zero-order valence-electron chi connectivity index (χ0n) is 20.6. The van der Waals surface area contributed by atoms with Crippen molar-refractivity contribution in [3.05, 3.63) is 77.6 Å². The van der Waals surface area contributed by atoms with Crippen molar-refractivity contribution in [2.45, 2.75) is 38.5 Å². The van der Waals surface area contributed by atoms with Crippen molar-refractivity contribution in [3.8, 4) is 11.1 Å². The average molecular weight is 502 g/mol. The van der Waals surface area contributed by atoms with Gasteiger partial charge in [-0.25, -0.2) is 4.39 Å². The molecule has 0 spiro atoms. The van der Waals surface area contributed by atoms with Gasteiger partial charge in [0.2, 0.25) is 11.8 Å². The summed E-state index contributed by atoms with van der Waals surface area (Å²) in [5.74, 6) is -0.736. The number of unbranched alkanes of at least 4 members (excludes halogenated alkanes) is 4. The molecular formula is C29H32FN5O2. The van der Waals surface area contributed by atoms with Crippen molar-refractivity contribution in [1.29, 1.82) is 0 Å². The molecule has 0 heterocycles. The average Bonchev–Trinajstić information content (AvgIpc) is 3.14. The molecule has 7 nitrogen and oxygen atoms in total. The maximum Gasteiger partial charge on any atom is 0.244 e. The molecular weight excluding hydrogens is 469 g/mol. The van der Waals surface area contributed by atoms with Gasteiger partial charge in [-0.2, -0.15) is 0 Å². The predicted molar refractivity (Wildman–Crippen MR) is 148 cm³/mol. The van der Waals surface area contributed by atoms with Gasteiger partial charge in [0.1, 0.15) is 5.82 Å². The van der Waals surface area contributed by atoms with Gasteiger partial charge in [-0.1, -0.05) is 31.4 Å². The van der Waals surface area contributed by atoms with E-state index in [4.69, 9.17) is 17.2 Å². The van der Waals surface area contributed by atoms with Gasteiger partial charge in [0.15, 0.2) is 0 Å².